The first-order valence-electron chi connectivity index (χ1n) is 7.59. The molecule has 2 unspecified atom stereocenters. The second-order valence-electron chi connectivity index (χ2n) is 6.02. The van der Waals surface area contributed by atoms with Gasteiger partial charge in [-0.05, 0) is 31.7 Å². The first-order valence-corrected chi connectivity index (χ1v) is 7.59. The van der Waals surface area contributed by atoms with E-state index < -0.39 is 5.60 Å². The molecule has 1 aliphatic rings. The fraction of sp³-hybridized carbons (Fsp3) is 1.00. The van der Waals surface area contributed by atoms with Gasteiger partial charge in [-0.2, -0.15) is 0 Å². The zero-order valence-corrected chi connectivity index (χ0v) is 11.8. The van der Waals surface area contributed by atoms with E-state index in [9.17, 15) is 5.11 Å². The molecule has 0 aromatic carbocycles. The summed E-state index contributed by atoms with van der Waals surface area (Å²) >= 11 is 0. The second-order valence-corrected chi connectivity index (χ2v) is 6.02. The Balaban J connectivity index is 2.01. The Morgan fingerprint density at radius 3 is 2.71 bits per heavy atom. The third-order valence-corrected chi connectivity index (χ3v) is 3.98. The molecule has 2 N–H and O–H groups in total. The van der Waals surface area contributed by atoms with Gasteiger partial charge in [0.05, 0.1) is 5.60 Å². The van der Waals surface area contributed by atoms with Gasteiger partial charge in [-0.25, -0.2) is 0 Å². The average Bonchev–Trinajstić information content (AvgIpc) is 2.27. The molecule has 1 aliphatic carbocycles. The Labute approximate surface area is 107 Å². The van der Waals surface area contributed by atoms with Crippen LogP contribution < -0.4 is 5.32 Å². The number of rotatable bonds is 8. The summed E-state index contributed by atoms with van der Waals surface area (Å²) in [6.45, 7) is 6.37. The lowest BCUT2D eigenvalue weighted by Gasteiger charge is -2.35. The summed E-state index contributed by atoms with van der Waals surface area (Å²) in [4.78, 5) is 0. The van der Waals surface area contributed by atoms with Gasteiger partial charge in [-0.3, -0.25) is 0 Å². The van der Waals surface area contributed by atoms with Crippen LogP contribution in [0.25, 0.3) is 0 Å². The van der Waals surface area contributed by atoms with Gasteiger partial charge in [0.15, 0.2) is 0 Å². The molecule has 1 rings (SSSR count). The molecule has 2 heteroatoms. The van der Waals surface area contributed by atoms with Crippen LogP contribution in [0.1, 0.15) is 71.6 Å². The number of aliphatic hydroxyl groups is 1. The Bertz CT molecular complexity index is 195. The Hall–Kier alpha value is -0.0800. The van der Waals surface area contributed by atoms with E-state index in [1.807, 2.05) is 0 Å². The minimum Gasteiger partial charge on any atom is -0.389 e. The van der Waals surface area contributed by atoms with Crippen LogP contribution in [0.5, 0.6) is 0 Å². The predicted molar refractivity (Wildman–Crippen MR) is 74.2 cm³/mol. The molecule has 0 heterocycles. The molecule has 0 aliphatic heterocycles. The van der Waals surface area contributed by atoms with E-state index in [1.165, 1.54) is 44.9 Å². The molecule has 1 saturated carbocycles. The van der Waals surface area contributed by atoms with Crippen LogP contribution >= 0.6 is 0 Å². The van der Waals surface area contributed by atoms with Crippen LogP contribution in [0.2, 0.25) is 0 Å². The highest BCUT2D eigenvalue weighted by Gasteiger charge is 2.31. The van der Waals surface area contributed by atoms with Crippen molar-refractivity contribution in [1.82, 2.24) is 5.32 Å². The fourth-order valence-corrected chi connectivity index (χ4v) is 2.97. The highest BCUT2D eigenvalue weighted by Crippen LogP contribution is 2.31. The highest BCUT2D eigenvalue weighted by molar-refractivity contribution is 4.86. The summed E-state index contributed by atoms with van der Waals surface area (Å²) in [6, 6.07) is 0. The van der Waals surface area contributed by atoms with Gasteiger partial charge >= 0.3 is 0 Å². The molecule has 0 radical (unpaired) electrons. The maximum absolute atomic E-state index is 10.4. The van der Waals surface area contributed by atoms with Crippen molar-refractivity contribution in [2.45, 2.75) is 77.2 Å². The highest BCUT2D eigenvalue weighted by atomic mass is 16.3. The first-order chi connectivity index (χ1) is 8.16. The summed E-state index contributed by atoms with van der Waals surface area (Å²) in [5.74, 6) is 0.695. The summed E-state index contributed by atoms with van der Waals surface area (Å²) in [6.07, 6.45) is 11.1. The monoisotopic (exact) mass is 241 g/mol. The van der Waals surface area contributed by atoms with Crippen LogP contribution in [0.3, 0.4) is 0 Å². The molecule has 102 valence electrons. The van der Waals surface area contributed by atoms with Crippen LogP contribution in [-0.2, 0) is 0 Å². The van der Waals surface area contributed by atoms with Crippen molar-refractivity contribution in [3.05, 3.63) is 0 Å². The van der Waals surface area contributed by atoms with E-state index in [-0.39, 0.29) is 0 Å². The van der Waals surface area contributed by atoms with Crippen LogP contribution in [0, 0.1) is 5.92 Å². The molecule has 0 spiro atoms. The normalized spacial score (nSPS) is 29.5. The van der Waals surface area contributed by atoms with Gasteiger partial charge < -0.3 is 10.4 Å². The zero-order valence-electron chi connectivity index (χ0n) is 11.8. The Morgan fingerprint density at radius 2 is 2.00 bits per heavy atom. The van der Waals surface area contributed by atoms with E-state index in [1.54, 1.807) is 0 Å². The lowest BCUT2D eigenvalue weighted by molar-refractivity contribution is -0.0115. The van der Waals surface area contributed by atoms with E-state index >= 15 is 0 Å². The predicted octanol–water partition coefficient (Wildman–Crippen LogP) is 3.49. The molecule has 1 fully saturated rings. The third kappa shape index (κ3) is 6.42. The van der Waals surface area contributed by atoms with Crippen molar-refractivity contribution in [3.8, 4) is 0 Å². The molecular weight excluding hydrogens is 210 g/mol. The van der Waals surface area contributed by atoms with E-state index in [0.29, 0.717) is 5.92 Å². The minimum absolute atomic E-state index is 0.416. The van der Waals surface area contributed by atoms with Crippen LogP contribution in [0.15, 0.2) is 0 Å². The largest absolute Gasteiger partial charge is 0.389 e. The lowest BCUT2D eigenvalue weighted by atomic mass is 9.79. The zero-order chi connectivity index (χ0) is 12.6. The van der Waals surface area contributed by atoms with Crippen molar-refractivity contribution < 1.29 is 5.11 Å². The second kappa shape index (κ2) is 8.10. The molecule has 0 bridgehead atoms. The van der Waals surface area contributed by atoms with Crippen molar-refractivity contribution in [2.24, 2.45) is 5.92 Å². The number of unbranched alkanes of at least 4 members (excludes halogenated alkanes) is 4. The van der Waals surface area contributed by atoms with Crippen LogP contribution in [-0.4, -0.2) is 23.8 Å². The van der Waals surface area contributed by atoms with E-state index in [4.69, 9.17) is 0 Å². The summed E-state index contributed by atoms with van der Waals surface area (Å²) < 4.78 is 0. The molecule has 2 atom stereocenters. The molecule has 0 aromatic rings. The quantitative estimate of drug-likeness (QED) is 0.638. The third-order valence-electron chi connectivity index (χ3n) is 3.98. The molecule has 0 saturated heterocycles. The standard InChI is InChI=1S/C15H31NO/c1-3-4-5-6-7-11-16-13-15(17)10-8-9-14(2)12-15/h14,16-17H,3-13H2,1-2H3. The van der Waals surface area contributed by atoms with Gasteiger partial charge in [0.1, 0.15) is 0 Å². The Morgan fingerprint density at radius 1 is 1.24 bits per heavy atom. The number of hydrogen-bond donors (Lipinski definition) is 2. The maximum atomic E-state index is 10.4. The Kier molecular flexibility index (Phi) is 7.14. The van der Waals surface area contributed by atoms with Gasteiger partial charge in [0, 0.05) is 6.54 Å². The van der Waals surface area contributed by atoms with Crippen molar-refractivity contribution in [1.29, 1.82) is 0 Å². The summed E-state index contributed by atoms with van der Waals surface area (Å²) in [7, 11) is 0. The molecule has 17 heavy (non-hydrogen) atoms. The van der Waals surface area contributed by atoms with Crippen molar-refractivity contribution in [3.63, 3.8) is 0 Å². The fourth-order valence-electron chi connectivity index (χ4n) is 2.97. The van der Waals surface area contributed by atoms with Crippen LogP contribution in [0.4, 0.5) is 0 Å². The van der Waals surface area contributed by atoms with Crippen molar-refractivity contribution in [2.75, 3.05) is 13.1 Å². The van der Waals surface area contributed by atoms with Crippen molar-refractivity contribution >= 4 is 0 Å². The van der Waals surface area contributed by atoms with Gasteiger partial charge in [0.25, 0.3) is 0 Å². The average molecular weight is 241 g/mol. The minimum atomic E-state index is -0.416. The smallest absolute Gasteiger partial charge is 0.0774 e. The molecule has 0 amide bonds. The topological polar surface area (TPSA) is 32.3 Å². The molecule has 2 nitrogen and oxygen atoms in total. The summed E-state index contributed by atoms with van der Waals surface area (Å²) in [5, 5.41) is 13.9. The lowest BCUT2D eigenvalue weighted by Crippen LogP contribution is -2.44. The van der Waals surface area contributed by atoms with Gasteiger partial charge in [-0.1, -0.05) is 52.4 Å². The van der Waals surface area contributed by atoms with Gasteiger partial charge in [-0.15, -0.1) is 0 Å². The van der Waals surface area contributed by atoms with E-state index in [0.717, 1.165) is 25.9 Å². The molecular formula is C15H31NO. The number of hydrogen-bond acceptors (Lipinski definition) is 2. The maximum Gasteiger partial charge on any atom is 0.0774 e. The first kappa shape index (κ1) is 15.0. The SMILES string of the molecule is CCCCCCCNCC1(O)CCCC(C)C1. The van der Waals surface area contributed by atoms with E-state index in [2.05, 4.69) is 19.2 Å². The van der Waals surface area contributed by atoms with Gasteiger partial charge in [0.2, 0.25) is 0 Å². The number of nitrogens with one attached hydrogen (secondary N) is 1. The molecule has 0 aromatic heterocycles. The summed E-state index contributed by atoms with van der Waals surface area (Å²) in [5.41, 5.74) is -0.416.